The maximum Gasteiger partial charge on any atom is 0.261 e. The van der Waals surface area contributed by atoms with Gasteiger partial charge in [0.05, 0.1) is 6.04 Å². The van der Waals surface area contributed by atoms with Crippen molar-refractivity contribution in [3.05, 3.63) is 101 Å². The maximum atomic E-state index is 13.1. The molecule has 0 saturated carbocycles. The predicted molar refractivity (Wildman–Crippen MR) is 123 cm³/mol. The van der Waals surface area contributed by atoms with Crippen LogP contribution in [-0.2, 0) is 4.79 Å². The molecule has 0 radical (unpaired) electrons. The van der Waals surface area contributed by atoms with Crippen LogP contribution in [0.2, 0.25) is 0 Å². The molecule has 0 heterocycles. The first-order valence-electron chi connectivity index (χ1n) is 10.5. The SMILES string of the molecule is Cc1ccc(C(C)C)c(O[C@@H](C)C(=O)N[C@@H](c2ccccc2)c2ccccc2C)c1. The molecule has 3 aromatic rings. The molecule has 0 bridgehead atoms. The third-order valence-corrected chi connectivity index (χ3v) is 5.38. The predicted octanol–water partition coefficient (Wildman–Crippen LogP) is 6.10. The molecular formula is C27H31NO2. The summed E-state index contributed by atoms with van der Waals surface area (Å²) in [6.45, 7) is 10.2. The maximum absolute atomic E-state index is 13.1. The number of hydrogen-bond donors (Lipinski definition) is 1. The molecule has 0 unspecified atom stereocenters. The van der Waals surface area contributed by atoms with E-state index >= 15 is 0 Å². The van der Waals surface area contributed by atoms with Crippen LogP contribution in [0.1, 0.15) is 60.5 Å². The van der Waals surface area contributed by atoms with E-state index in [1.807, 2.05) is 62.4 Å². The van der Waals surface area contributed by atoms with E-state index in [-0.39, 0.29) is 11.9 Å². The molecule has 0 saturated heterocycles. The number of ether oxygens (including phenoxy) is 1. The van der Waals surface area contributed by atoms with E-state index in [4.69, 9.17) is 4.74 Å². The van der Waals surface area contributed by atoms with E-state index in [9.17, 15) is 4.79 Å². The van der Waals surface area contributed by atoms with Crippen molar-refractivity contribution >= 4 is 5.91 Å². The summed E-state index contributed by atoms with van der Waals surface area (Å²) in [6.07, 6.45) is -0.612. The Bertz CT molecular complexity index is 995. The Morgan fingerprint density at radius 1 is 0.833 bits per heavy atom. The van der Waals surface area contributed by atoms with Gasteiger partial charge in [0.1, 0.15) is 5.75 Å². The van der Waals surface area contributed by atoms with Crippen molar-refractivity contribution < 1.29 is 9.53 Å². The lowest BCUT2D eigenvalue weighted by Gasteiger charge is -2.25. The largest absolute Gasteiger partial charge is 0.481 e. The second-order valence-corrected chi connectivity index (χ2v) is 8.16. The van der Waals surface area contributed by atoms with Gasteiger partial charge in [-0.05, 0) is 60.6 Å². The van der Waals surface area contributed by atoms with Crippen LogP contribution < -0.4 is 10.1 Å². The Morgan fingerprint density at radius 3 is 2.17 bits per heavy atom. The zero-order chi connectivity index (χ0) is 21.7. The molecule has 156 valence electrons. The Balaban J connectivity index is 1.85. The van der Waals surface area contributed by atoms with Gasteiger partial charge in [-0.25, -0.2) is 0 Å². The summed E-state index contributed by atoms with van der Waals surface area (Å²) in [4.78, 5) is 13.1. The van der Waals surface area contributed by atoms with Gasteiger partial charge in [-0.3, -0.25) is 4.79 Å². The van der Waals surface area contributed by atoms with Crippen molar-refractivity contribution in [2.75, 3.05) is 0 Å². The molecule has 0 spiro atoms. The molecule has 3 rings (SSSR count). The highest BCUT2D eigenvalue weighted by Crippen LogP contribution is 2.29. The van der Waals surface area contributed by atoms with Gasteiger partial charge < -0.3 is 10.1 Å². The average molecular weight is 402 g/mol. The molecule has 3 nitrogen and oxygen atoms in total. The average Bonchev–Trinajstić information content (AvgIpc) is 2.73. The highest BCUT2D eigenvalue weighted by molar-refractivity contribution is 5.81. The Morgan fingerprint density at radius 2 is 1.50 bits per heavy atom. The van der Waals surface area contributed by atoms with Crippen molar-refractivity contribution in [3.63, 3.8) is 0 Å². The highest BCUT2D eigenvalue weighted by atomic mass is 16.5. The summed E-state index contributed by atoms with van der Waals surface area (Å²) in [5.74, 6) is 0.961. The Labute approximate surface area is 180 Å². The van der Waals surface area contributed by atoms with Crippen molar-refractivity contribution in [1.82, 2.24) is 5.32 Å². The monoisotopic (exact) mass is 401 g/mol. The lowest BCUT2D eigenvalue weighted by atomic mass is 9.95. The van der Waals surface area contributed by atoms with E-state index in [1.165, 1.54) is 0 Å². The van der Waals surface area contributed by atoms with Gasteiger partial charge in [-0.15, -0.1) is 0 Å². The minimum Gasteiger partial charge on any atom is -0.481 e. The Kier molecular flexibility index (Phi) is 6.94. The van der Waals surface area contributed by atoms with Crippen molar-refractivity contribution in [3.8, 4) is 5.75 Å². The second-order valence-electron chi connectivity index (χ2n) is 8.16. The summed E-state index contributed by atoms with van der Waals surface area (Å²) >= 11 is 0. The molecule has 1 amide bonds. The minimum atomic E-state index is -0.612. The number of rotatable bonds is 7. The van der Waals surface area contributed by atoms with E-state index in [2.05, 4.69) is 50.4 Å². The molecular weight excluding hydrogens is 370 g/mol. The standard InChI is InChI=1S/C27H31NO2/c1-18(2)23-16-15-19(3)17-25(23)30-21(5)27(29)28-26(22-12-7-6-8-13-22)24-14-10-9-11-20(24)4/h6-18,21,26H,1-5H3,(H,28,29)/t21-,26-/m0/s1. The first-order valence-corrected chi connectivity index (χ1v) is 10.5. The quantitative estimate of drug-likeness (QED) is 0.519. The molecule has 0 aliphatic heterocycles. The van der Waals surface area contributed by atoms with E-state index in [1.54, 1.807) is 0 Å². The zero-order valence-corrected chi connectivity index (χ0v) is 18.5. The van der Waals surface area contributed by atoms with Crippen molar-refractivity contribution in [2.45, 2.75) is 52.7 Å². The van der Waals surface area contributed by atoms with Crippen molar-refractivity contribution in [2.24, 2.45) is 0 Å². The summed E-state index contributed by atoms with van der Waals surface area (Å²) in [6, 6.07) is 24.2. The summed E-state index contributed by atoms with van der Waals surface area (Å²) < 4.78 is 6.14. The van der Waals surface area contributed by atoms with E-state index < -0.39 is 6.10 Å². The van der Waals surface area contributed by atoms with Crippen LogP contribution >= 0.6 is 0 Å². The van der Waals surface area contributed by atoms with Crippen LogP contribution in [0.3, 0.4) is 0 Å². The smallest absolute Gasteiger partial charge is 0.261 e. The number of carbonyl (C=O) groups excluding carboxylic acids is 1. The molecule has 3 aromatic carbocycles. The van der Waals surface area contributed by atoms with Crippen LogP contribution in [0.25, 0.3) is 0 Å². The topological polar surface area (TPSA) is 38.3 Å². The number of carbonyl (C=O) groups is 1. The molecule has 0 fully saturated rings. The van der Waals surface area contributed by atoms with Crippen molar-refractivity contribution in [1.29, 1.82) is 0 Å². The fourth-order valence-corrected chi connectivity index (χ4v) is 3.62. The van der Waals surface area contributed by atoms with Crippen LogP contribution in [0.4, 0.5) is 0 Å². The van der Waals surface area contributed by atoms with Gasteiger partial charge in [-0.2, -0.15) is 0 Å². The third-order valence-electron chi connectivity index (χ3n) is 5.38. The van der Waals surface area contributed by atoms with Crippen LogP contribution in [0, 0.1) is 13.8 Å². The summed E-state index contributed by atoms with van der Waals surface area (Å²) in [5, 5.41) is 3.21. The first kappa shape index (κ1) is 21.6. The number of hydrogen-bond acceptors (Lipinski definition) is 2. The number of benzene rings is 3. The number of aryl methyl sites for hydroxylation is 2. The molecule has 30 heavy (non-hydrogen) atoms. The van der Waals surface area contributed by atoms with E-state index in [0.29, 0.717) is 5.92 Å². The first-order chi connectivity index (χ1) is 14.4. The number of amides is 1. The molecule has 3 heteroatoms. The lowest BCUT2D eigenvalue weighted by Crippen LogP contribution is -2.39. The van der Waals surface area contributed by atoms with Gasteiger partial charge in [-0.1, -0.05) is 80.6 Å². The fourth-order valence-electron chi connectivity index (χ4n) is 3.62. The van der Waals surface area contributed by atoms with Crippen LogP contribution in [0.5, 0.6) is 5.75 Å². The van der Waals surface area contributed by atoms with Gasteiger partial charge in [0, 0.05) is 0 Å². The lowest BCUT2D eigenvalue weighted by molar-refractivity contribution is -0.127. The number of nitrogens with one attached hydrogen (secondary N) is 1. The highest BCUT2D eigenvalue weighted by Gasteiger charge is 2.23. The van der Waals surface area contributed by atoms with E-state index in [0.717, 1.165) is 33.6 Å². The third kappa shape index (κ3) is 5.10. The summed E-state index contributed by atoms with van der Waals surface area (Å²) in [5.41, 5.74) is 5.50. The summed E-state index contributed by atoms with van der Waals surface area (Å²) in [7, 11) is 0. The Hall–Kier alpha value is -3.07. The van der Waals surface area contributed by atoms with Gasteiger partial charge in [0.15, 0.2) is 6.10 Å². The molecule has 2 atom stereocenters. The van der Waals surface area contributed by atoms with Crippen LogP contribution in [0.15, 0.2) is 72.8 Å². The normalized spacial score (nSPS) is 13.0. The van der Waals surface area contributed by atoms with Gasteiger partial charge >= 0.3 is 0 Å². The molecule has 0 aliphatic rings. The molecule has 0 aromatic heterocycles. The molecule has 0 aliphatic carbocycles. The second kappa shape index (κ2) is 9.62. The van der Waals surface area contributed by atoms with Gasteiger partial charge in [0.2, 0.25) is 0 Å². The van der Waals surface area contributed by atoms with Crippen LogP contribution in [-0.4, -0.2) is 12.0 Å². The molecule has 1 N–H and O–H groups in total. The van der Waals surface area contributed by atoms with Gasteiger partial charge in [0.25, 0.3) is 5.91 Å². The minimum absolute atomic E-state index is 0.136. The zero-order valence-electron chi connectivity index (χ0n) is 18.5. The fraction of sp³-hybridized carbons (Fsp3) is 0.296.